The van der Waals surface area contributed by atoms with Gasteiger partial charge in [0.15, 0.2) is 5.78 Å². The smallest absolute Gasteiger partial charge is 0.298 e. The van der Waals surface area contributed by atoms with Crippen molar-refractivity contribution in [3.8, 4) is 0 Å². The van der Waals surface area contributed by atoms with Crippen molar-refractivity contribution in [2.45, 2.75) is 32.9 Å². The van der Waals surface area contributed by atoms with Gasteiger partial charge in [-0.25, -0.2) is 4.90 Å². The lowest BCUT2D eigenvalue weighted by Gasteiger charge is -2.37. The molecule has 4 atom stereocenters. The number of nitrogens with zero attached hydrogens (tertiary/aromatic N) is 1. The molecule has 1 saturated heterocycles. The van der Waals surface area contributed by atoms with Crippen molar-refractivity contribution in [2.24, 2.45) is 22.7 Å². The molecule has 2 amide bonds. The van der Waals surface area contributed by atoms with Gasteiger partial charge in [-0.1, -0.05) is 80.1 Å². The first kappa shape index (κ1) is 25.3. The Hall–Kier alpha value is -4.00. The zero-order chi connectivity index (χ0) is 27.7. The summed E-state index contributed by atoms with van der Waals surface area (Å²) in [6.07, 6.45) is -3.71. The van der Waals surface area contributed by atoms with Crippen LogP contribution in [0.5, 0.6) is 0 Å². The van der Waals surface area contributed by atoms with E-state index in [1.165, 1.54) is 12.1 Å². The monoisotopic (exact) mass is 529 g/mol. The Morgan fingerprint density at radius 2 is 1.33 bits per heavy atom. The Kier molecular flexibility index (Phi) is 5.51. The van der Waals surface area contributed by atoms with Crippen LogP contribution in [0.2, 0.25) is 0 Å². The summed E-state index contributed by atoms with van der Waals surface area (Å²) in [6, 6.07) is 23.1. The molecule has 2 fully saturated rings. The molecule has 7 heteroatoms. The highest BCUT2D eigenvalue weighted by Gasteiger charge is 2.80. The summed E-state index contributed by atoms with van der Waals surface area (Å²) in [5, 5.41) is 0. The number of fused-ring (bicyclic) bond motifs is 5. The number of hydrogen-bond donors (Lipinski definition) is 0. The van der Waals surface area contributed by atoms with E-state index in [4.69, 9.17) is 0 Å². The summed E-state index contributed by atoms with van der Waals surface area (Å²) in [7, 11) is 0. The Balaban J connectivity index is 1.62. The largest absolute Gasteiger partial charge is 0.416 e. The number of amides is 2. The van der Waals surface area contributed by atoms with Crippen molar-refractivity contribution < 1.29 is 27.6 Å². The molecular formula is C32H26F3NO3. The Morgan fingerprint density at radius 3 is 1.90 bits per heavy atom. The lowest BCUT2D eigenvalue weighted by atomic mass is 9.61. The van der Waals surface area contributed by atoms with Gasteiger partial charge in [0.2, 0.25) is 11.8 Å². The van der Waals surface area contributed by atoms with Crippen LogP contribution in [0.25, 0.3) is 11.1 Å². The molecule has 0 N–H and O–H groups in total. The number of carbonyl (C=O) groups is 3. The second-order valence-electron chi connectivity index (χ2n) is 10.8. The summed E-state index contributed by atoms with van der Waals surface area (Å²) < 4.78 is 40.6. The van der Waals surface area contributed by atoms with Crippen LogP contribution in [0, 0.1) is 22.7 Å². The fraction of sp³-hybridized carbons (Fsp3) is 0.281. The third-order valence-corrected chi connectivity index (χ3v) is 8.75. The molecule has 2 bridgehead atoms. The minimum atomic E-state index is -4.63. The molecule has 3 aromatic rings. The van der Waals surface area contributed by atoms with E-state index in [9.17, 15) is 27.6 Å². The van der Waals surface area contributed by atoms with Gasteiger partial charge in [0.25, 0.3) is 0 Å². The predicted molar refractivity (Wildman–Crippen MR) is 141 cm³/mol. The molecule has 39 heavy (non-hydrogen) atoms. The minimum absolute atomic E-state index is 0.126. The van der Waals surface area contributed by atoms with Gasteiger partial charge in [0, 0.05) is 0 Å². The van der Waals surface area contributed by atoms with Gasteiger partial charge >= 0.3 is 6.18 Å². The Labute approximate surface area is 224 Å². The van der Waals surface area contributed by atoms with Crippen LogP contribution in [-0.4, -0.2) is 17.6 Å². The van der Waals surface area contributed by atoms with Gasteiger partial charge in [-0.3, -0.25) is 14.4 Å². The molecule has 0 radical (unpaired) electrons. The van der Waals surface area contributed by atoms with Crippen molar-refractivity contribution >= 4 is 34.4 Å². The van der Waals surface area contributed by atoms with Gasteiger partial charge in [-0.2, -0.15) is 13.2 Å². The molecular weight excluding hydrogens is 503 g/mol. The van der Waals surface area contributed by atoms with Crippen molar-refractivity contribution in [1.29, 1.82) is 0 Å². The van der Waals surface area contributed by atoms with E-state index in [1.807, 2.05) is 67.6 Å². The number of rotatable bonds is 5. The number of allylic oxidation sites excluding steroid dienone is 2. The number of ketones is 1. The molecule has 0 spiro atoms. The number of halogens is 3. The molecule has 6 rings (SSSR count). The Bertz CT molecular complexity index is 1550. The van der Waals surface area contributed by atoms with Crippen molar-refractivity contribution in [2.75, 3.05) is 4.90 Å². The van der Waals surface area contributed by atoms with Gasteiger partial charge < -0.3 is 0 Å². The van der Waals surface area contributed by atoms with E-state index in [1.54, 1.807) is 6.92 Å². The molecule has 3 aromatic carbocycles. The maximum Gasteiger partial charge on any atom is 0.416 e. The maximum absolute atomic E-state index is 14.6. The number of benzene rings is 3. The number of alkyl halides is 3. The zero-order valence-electron chi connectivity index (χ0n) is 21.5. The molecule has 1 saturated carbocycles. The summed E-state index contributed by atoms with van der Waals surface area (Å²) in [4.78, 5) is 43.8. The standard InChI is InChI=1S/C32H26F3NO3/c1-3-17-31-24(20-13-8-5-9-14-20)23(19-11-6-4-7-12-19)30(2,29(31)39)25-26(31)28(38)36(27(25)37)22-16-10-15-21(18-22)32(33,34)35/h4-16,18,25-26H,3,17H2,1-2H3/t25-,26+,30-,31+/m0/s1. The zero-order valence-corrected chi connectivity index (χ0v) is 21.5. The van der Waals surface area contributed by atoms with Gasteiger partial charge in [0.05, 0.1) is 33.9 Å². The number of hydrogen-bond acceptors (Lipinski definition) is 3. The highest BCUT2D eigenvalue weighted by molar-refractivity contribution is 6.34. The molecule has 1 heterocycles. The topological polar surface area (TPSA) is 54.5 Å². The van der Waals surface area contributed by atoms with E-state index in [2.05, 4.69) is 0 Å². The van der Waals surface area contributed by atoms with E-state index < -0.39 is 46.2 Å². The normalized spacial score (nSPS) is 28.0. The summed E-state index contributed by atoms with van der Waals surface area (Å²) in [6.45, 7) is 3.67. The molecule has 0 aromatic heterocycles. The van der Waals surface area contributed by atoms with Crippen LogP contribution in [0.4, 0.5) is 18.9 Å². The second kappa shape index (κ2) is 8.50. The van der Waals surface area contributed by atoms with E-state index in [0.29, 0.717) is 12.8 Å². The van der Waals surface area contributed by atoms with Gasteiger partial charge in [0.1, 0.15) is 0 Å². The average molecular weight is 530 g/mol. The number of imide groups is 1. The lowest BCUT2D eigenvalue weighted by Crippen LogP contribution is -2.41. The van der Waals surface area contributed by atoms with E-state index in [0.717, 1.165) is 39.3 Å². The third kappa shape index (κ3) is 3.22. The summed E-state index contributed by atoms with van der Waals surface area (Å²) in [5.41, 5.74) is -0.602. The molecule has 4 nitrogen and oxygen atoms in total. The number of anilines is 1. The fourth-order valence-electron chi connectivity index (χ4n) is 7.43. The van der Waals surface area contributed by atoms with Crippen molar-refractivity contribution in [3.05, 3.63) is 102 Å². The van der Waals surface area contributed by atoms with Crippen LogP contribution in [-0.2, 0) is 20.6 Å². The first-order valence-electron chi connectivity index (χ1n) is 13.0. The second-order valence-corrected chi connectivity index (χ2v) is 10.8. The molecule has 3 aliphatic rings. The van der Waals surface area contributed by atoms with Crippen LogP contribution in [0.15, 0.2) is 84.9 Å². The molecule has 198 valence electrons. The van der Waals surface area contributed by atoms with Crippen molar-refractivity contribution in [1.82, 2.24) is 0 Å². The van der Waals surface area contributed by atoms with Crippen LogP contribution < -0.4 is 4.90 Å². The average Bonchev–Trinajstić information content (AvgIpc) is 3.39. The SMILES string of the molecule is CCC[C@@]12C(=O)[C@@](C)(C(c3ccccc3)=C1c1ccccc1)[C@@H]1C(=O)N(c3cccc(C(F)(F)F)c3)C(=O)[C@@H]12. The predicted octanol–water partition coefficient (Wildman–Crippen LogP) is 6.81. The van der Waals surface area contributed by atoms with E-state index >= 15 is 0 Å². The molecule has 2 aliphatic carbocycles. The third-order valence-electron chi connectivity index (χ3n) is 8.75. The minimum Gasteiger partial charge on any atom is -0.298 e. The number of Topliss-reactive ketones (excluding diaryl/α,β-unsaturated/α-hetero) is 1. The first-order valence-corrected chi connectivity index (χ1v) is 13.0. The Morgan fingerprint density at radius 1 is 0.769 bits per heavy atom. The highest BCUT2D eigenvalue weighted by atomic mass is 19.4. The van der Waals surface area contributed by atoms with Gasteiger partial charge in [-0.15, -0.1) is 0 Å². The molecule has 0 unspecified atom stereocenters. The quantitative estimate of drug-likeness (QED) is 0.341. The highest BCUT2D eigenvalue weighted by Crippen LogP contribution is 2.75. The summed E-state index contributed by atoms with van der Waals surface area (Å²) in [5.74, 6) is -3.41. The van der Waals surface area contributed by atoms with Crippen LogP contribution in [0.3, 0.4) is 0 Å². The summed E-state index contributed by atoms with van der Waals surface area (Å²) >= 11 is 0. The maximum atomic E-state index is 14.6. The molecule has 1 aliphatic heterocycles. The fourth-order valence-corrected chi connectivity index (χ4v) is 7.43. The van der Waals surface area contributed by atoms with Gasteiger partial charge in [-0.05, 0) is 53.8 Å². The first-order chi connectivity index (χ1) is 18.6. The lowest BCUT2D eigenvalue weighted by molar-refractivity contribution is -0.137. The van der Waals surface area contributed by atoms with Crippen molar-refractivity contribution in [3.63, 3.8) is 0 Å². The number of carbonyl (C=O) groups excluding carboxylic acids is 3. The van der Waals surface area contributed by atoms with E-state index in [-0.39, 0.29) is 11.5 Å². The van der Waals surface area contributed by atoms with Crippen LogP contribution >= 0.6 is 0 Å². The van der Waals surface area contributed by atoms with Crippen LogP contribution in [0.1, 0.15) is 43.4 Å².